The summed E-state index contributed by atoms with van der Waals surface area (Å²) in [5.41, 5.74) is 0. The molecule has 1 fully saturated rings. The summed E-state index contributed by atoms with van der Waals surface area (Å²) < 4.78 is 0. The molecule has 0 saturated carbocycles. The van der Waals surface area contributed by atoms with Gasteiger partial charge in [0.25, 0.3) is 0 Å². The quantitative estimate of drug-likeness (QED) is 0.395. The van der Waals surface area contributed by atoms with E-state index in [2.05, 4.69) is 43.2 Å². The third-order valence-corrected chi connectivity index (χ3v) is 3.93. The first-order valence-electron chi connectivity index (χ1n) is 8.00. The summed E-state index contributed by atoms with van der Waals surface area (Å²) in [7, 11) is 0. The number of hydrogen-bond donors (Lipinski definition) is 2. The van der Waals surface area contributed by atoms with E-state index in [1.807, 2.05) is 0 Å². The Balaban J connectivity index is 0.00000361. The molecule has 0 aliphatic carbocycles. The number of hydrogen-bond acceptors (Lipinski definition) is 2. The van der Waals surface area contributed by atoms with Gasteiger partial charge in [-0.15, -0.1) is 24.0 Å². The Morgan fingerprint density at radius 1 is 1.15 bits per heavy atom. The second kappa shape index (κ2) is 11.6. The van der Waals surface area contributed by atoms with Crippen molar-refractivity contribution in [2.24, 2.45) is 4.99 Å². The van der Waals surface area contributed by atoms with E-state index in [4.69, 9.17) is 4.99 Å². The van der Waals surface area contributed by atoms with Gasteiger partial charge in [0.05, 0.1) is 6.54 Å². The van der Waals surface area contributed by atoms with E-state index in [-0.39, 0.29) is 24.0 Å². The molecular weight excluding hydrogens is 363 g/mol. The number of nitrogens with zero attached hydrogens (tertiary/aromatic N) is 2. The molecule has 0 aromatic heterocycles. The van der Waals surface area contributed by atoms with Gasteiger partial charge in [0.2, 0.25) is 0 Å². The van der Waals surface area contributed by atoms with Crippen LogP contribution in [0.25, 0.3) is 0 Å². The molecule has 2 atom stereocenters. The summed E-state index contributed by atoms with van der Waals surface area (Å²) >= 11 is 0. The topological polar surface area (TPSA) is 39.7 Å². The molecule has 0 amide bonds. The van der Waals surface area contributed by atoms with Crippen molar-refractivity contribution < 1.29 is 0 Å². The Morgan fingerprint density at radius 2 is 1.80 bits per heavy atom. The molecule has 0 aromatic rings. The Labute approximate surface area is 142 Å². The molecule has 0 bridgehead atoms. The van der Waals surface area contributed by atoms with Crippen molar-refractivity contribution in [1.29, 1.82) is 0 Å². The van der Waals surface area contributed by atoms with E-state index in [1.165, 1.54) is 32.4 Å². The van der Waals surface area contributed by atoms with Gasteiger partial charge in [-0.1, -0.05) is 13.8 Å². The van der Waals surface area contributed by atoms with Gasteiger partial charge in [-0.05, 0) is 52.6 Å². The third-order valence-electron chi connectivity index (χ3n) is 3.93. The fourth-order valence-electron chi connectivity index (χ4n) is 2.46. The lowest BCUT2D eigenvalue weighted by atomic mass is 10.2. The van der Waals surface area contributed by atoms with Crippen molar-refractivity contribution in [3.05, 3.63) is 0 Å². The number of rotatable bonds is 7. The Bertz CT molecular complexity index is 265. The smallest absolute Gasteiger partial charge is 0.191 e. The fraction of sp³-hybridized carbons (Fsp3) is 0.933. The van der Waals surface area contributed by atoms with Crippen LogP contribution in [0.2, 0.25) is 0 Å². The van der Waals surface area contributed by atoms with E-state index >= 15 is 0 Å². The van der Waals surface area contributed by atoms with Crippen molar-refractivity contribution in [3.63, 3.8) is 0 Å². The SMILES string of the molecule is CCNC(=NCC(CC)N1CCCC1)NC(C)CC.I. The number of aliphatic imine (C=N–C) groups is 1. The van der Waals surface area contributed by atoms with Gasteiger partial charge in [0.15, 0.2) is 5.96 Å². The molecule has 0 spiro atoms. The molecular formula is C15H33IN4. The Morgan fingerprint density at radius 3 is 2.30 bits per heavy atom. The zero-order valence-corrected chi connectivity index (χ0v) is 15.9. The maximum absolute atomic E-state index is 4.77. The first kappa shape index (κ1) is 20.0. The highest BCUT2D eigenvalue weighted by Crippen LogP contribution is 2.14. The lowest BCUT2D eigenvalue weighted by Gasteiger charge is -2.25. The normalized spacial score (nSPS) is 19.3. The van der Waals surface area contributed by atoms with Crippen LogP contribution in [0, 0.1) is 0 Å². The first-order valence-corrected chi connectivity index (χ1v) is 8.00. The van der Waals surface area contributed by atoms with Crippen LogP contribution < -0.4 is 10.6 Å². The predicted molar refractivity (Wildman–Crippen MR) is 99.2 cm³/mol. The minimum absolute atomic E-state index is 0. The molecule has 2 unspecified atom stereocenters. The van der Waals surface area contributed by atoms with Gasteiger partial charge < -0.3 is 10.6 Å². The first-order chi connectivity index (χ1) is 9.21. The van der Waals surface area contributed by atoms with Crippen molar-refractivity contribution in [2.45, 2.75) is 65.5 Å². The largest absolute Gasteiger partial charge is 0.357 e. The Hall–Kier alpha value is -0.0400. The number of likely N-dealkylation sites (tertiary alicyclic amines) is 1. The van der Waals surface area contributed by atoms with Crippen LogP contribution in [-0.4, -0.2) is 49.1 Å². The minimum Gasteiger partial charge on any atom is -0.357 e. The predicted octanol–water partition coefficient (Wildman–Crippen LogP) is 2.83. The van der Waals surface area contributed by atoms with Gasteiger partial charge in [-0.25, -0.2) is 0 Å². The molecule has 1 heterocycles. The second-order valence-corrected chi connectivity index (χ2v) is 5.48. The van der Waals surface area contributed by atoms with Gasteiger partial charge in [0, 0.05) is 18.6 Å². The van der Waals surface area contributed by atoms with Crippen molar-refractivity contribution >= 4 is 29.9 Å². The van der Waals surface area contributed by atoms with Crippen molar-refractivity contribution in [2.75, 3.05) is 26.2 Å². The van der Waals surface area contributed by atoms with Crippen LogP contribution in [0.5, 0.6) is 0 Å². The van der Waals surface area contributed by atoms with Crippen LogP contribution in [-0.2, 0) is 0 Å². The fourth-order valence-corrected chi connectivity index (χ4v) is 2.46. The van der Waals surface area contributed by atoms with Crippen LogP contribution in [0.3, 0.4) is 0 Å². The highest BCUT2D eigenvalue weighted by atomic mass is 127. The molecule has 1 saturated heterocycles. The van der Waals surface area contributed by atoms with Crippen LogP contribution in [0.1, 0.15) is 53.4 Å². The summed E-state index contributed by atoms with van der Waals surface area (Å²) in [4.78, 5) is 7.36. The molecule has 5 heteroatoms. The van der Waals surface area contributed by atoms with Gasteiger partial charge in [-0.2, -0.15) is 0 Å². The highest BCUT2D eigenvalue weighted by molar-refractivity contribution is 14.0. The van der Waals surface area contributed by atoms with E-state index in [0.29, 0.717) is 12.1 Å². The zero-order valence-electron chi connectivity index (χ0n) is 13.6. The lowest BCUT2D eigenvalue weighted by molar-refractivity contribution is 0.242. The van der Waals surface area contributed by atoms with E-state index < -0.39 is 0 Å². The van der Waals surface area contributed by atoms with Crippen LogP contribution in [0.15, 0.2) is 4.99 Å². The third kappa shape index (κ3) is 7.11. The molecule has 1 aliphatic heterocycles. The number of halogens is 1. The van der Waals surface area contributed by atoms with Gasteiger partial charge in [-0.3, -0.25) is 9.89 Å². The van der Waals surface area contributed by atoms with Crippen molar-refractivity contribution in [3.8, 4) is 0 Å². The minimum atomic E-state index is 0. The van der Waals surface area contributed by atoms with Crippen molar-refractivity contribution in [1.82, 2.24) is 15.5 Å². The molecule has 120 valence electrons. The highest BCUT2D eigenvalue weighted by Gasteiger charge is 2.20. The van der Waals surface area contributed by atoms with Gasteiger partial charge in [0.1, 0.15) is 0 Å². The monoisotopic (exact) mass is 396 g/mol. The molecule has 4 nitrogen and oxygen atoms in total. The summed E-state index contributed by atoms with van der Waals surface area (Å²) in [6, 6.07) is 1.08. The van der Waals surface area contributed by atoms with Crippen LogP contribution >= 0.6 is 24.0 Å². The number of guanidine groups is 1. The maximum atomic E-state index is 4.77. The molecule has 0 aromatic carbocycles. The molecule has 2 N–H and O–H groups in total. The average Bonchev–Trinajstić information content (AvgIpc) is 2.93. The van der Waals surface area contributed by atoms with Gasteiger partial charge >= 0.3 is 0 Å². The average molecular weight is 396 g/mol. The summed E-state index contributed by atoms with van der Waals surface area (Å²) in [5.74, 6) is 0.967. The van der Waals surface area contributed by atoms with E-state index in [9.17, 15) is 0 Å². The molecule has 1 rings (SSSR count). The molecule has 0 radical (unpaired) electrons. The van der Waals surface area contributed by atoms with E-state index in [1.54, 1.807) is 0 Å². The second-order valence-electron chi connectivity index (χ2n) is 5.48. The maximum Gasteiger partial charge on any atom is 0.191 e. The molecule has 20 heavy (non-hydrogen) atoms. The number of nitrogens with one attached hydrogen (secondary N) is 2. The summed E-state index contributed by atoms with van der Waals surface area (Å²) in [6.07, 6.45) is 5.01. The molecule has 1 aliphatic rings. The van der Waals surface area contributed by atoms with E-state index in [0.717, 1.165) is 25.5 Å². The lowest BCUT2D eigenvalue weighted by Crippen LogP contribution is -2.43. The van der Waals surface area contributed by atoms with Crippen LogP contribution in [0.4, 0.5) is 0 Å². The Kier molecular flexibility index (Phi) is 11.6. The standard InChI is InChI=1S/C15H32N4.HI/c1-5-13(4)18-15(16-7-3)17-12-14(6-2)19-10-8-9-11-19;/h13-14H,5-12H2,1-4H3,(H2,16,17,18);1H. The summed E-state index contributed by atoms with van der Waals surface area (Å²) in [6.45, 7) is 13.1. The zero-order chi connectivity index (χ0) is 14.1. The summed E-state index contributed by atoms with van der Waals surface area (Å²) in [5, 5.41) is 6.80.